The molecule has 0 aliphatic heterocycles. The molecule has 0 saturated carbocycles. The number of nitrogens with one attached hydrogen (secondary N) is 1. The van der Waals surface area contributed by atoms with Crippen LogP contribution in [0.25, 0.3) is 0 Å². The Bertz CT molecular complexity index is 264. The van der Waals surface area contributed by atoms with Crippen LogP contribution in [0.5, 0.6) is 0 Å². The van der Waals surface area contributed by atoms with E-state index in [-0.39, 0.29) is 5.69 Å². The van der Waals surface area contributed by atoms with Crippen LogP contribution in [0.1, 0.15) is 0 Å². The van der Waals surface area contributed by atoms with Crippen LogP contribution in [0.2, 0.25) is 0 Å². The van der Waals surface area contributed by atoms with Gasteiger partial charge in [0.15, 0.2) is 11.4 Å². The molecule has 2 nitrogen and oxygen atoms in total. The van der Waals surface area contributed by atoms with E-state index in [1.165, 1.54) is 12.1 Å². The highest BCUT2D eigenvalue weighted by Crippen LogP contribution is 2.24. The molecular formula is C7H6F3NOS. The number of para-hydroxylation sites is 1. The van der Waals surface area contributed by atoms with Crippen molar-refractivity contribution in [1.82, 2.24) is 0 Å². The minimum absolute atomic E-state index is 0.179. The number of halogens is 3. The summed E-state index contributed by atoms with van der Waals surface area (Å²) in [4.78, 5) is 0. The Labute approximate surface area is 76.1 Å². The average molecular weight is 209 g/mol. The average Bonchev–Trinajstić information content (AvgIpc) is 2.04. The minimum Gasteiger partial charge on any atom is -0.586 e. The molecule has 0 fully saturated rings. The smallest absolute Gasteiger partial charge is 0.586 e. The van der Waals surface area contributed by atoms with Gasteiger partial charge in [-0.25, -0.2) is 4.72 Å². The largest absolute Gasteiger partial charge is 0.598 e. The fourth-order valence-corrected chi connectivity index (χ4v) is 1.14. The molecule has 0 bridgehead atoms. The van der Waals surface area contributed by atoms with Gasteiger partial charge in [0.05, 0.1) is 5.69 Å². The first-order valence-electron chi connectivity index (χ1n) is 3.30. The molecule has 0 spiro atoms. The maximum absolute atomic E-state index is 11.8. The van der Waals surface area contributed by atoms with Crippen LogP contribution in [-0.4, -0.2) is 10.1 Å². The predicted molar refractivity (Wildman–Crippen MR) is 44.3 cm³/mol. The minimum atomic E-state index is -4.73. The van der Waals surface area contributed by atoms with Crippen LogP contribution in [0.3, 0.4) is 0 Å². The monoisotopic (exact) mass is 209 g/mol. The fourth-order valence-electron chi connectivity index (χ4n) is 0.671. The van der Waals surface area contributed by atoms with Crippen LogP contribution in [0.4, 0.5) is 18.9 Å². The van der Waals surface area contributed by atoms with Crippen LogP contribution in [0, 0.1) is 0 Å². The van der Waals surface area contributed by atoms with Crippen molar-refractivity contribution < 1.29 is 17.7 Å². The standard InChI is InChI=1S/C7H6F3NOS/c8-7(9,10)13(12)11-6-4-2-1-3-5-6/h1-5,11H/t13-/m0/s1. The highest BCUT2D eigenvalue weighted by atomic mass is 32.2. The SMILES string of the molecule is [O-][S@+](Nc1ccccc1)C(F)(F)F. The van der Waals surface area contributed by atoms with Gasteiger partial charge in [-0.3, -0.25) is 0 Å². The first-order chi connectivity index (χ1) is 6.00. The molecule has 0 amide bonds. The Balaban J connectivity index is 2.61. The fraction of sp³-hybridized carbons (Fsp3) is 0.143. The van der Waals surface area contributed by atoms with Crippen LogP contribution >= 0.6 is 0 Å². The van der Waals surface area contributed by atoms with Crippen molar-refractivity contribution in [2.75, 3.05) is 4.72 Å². The molecule has 0 aromatic heterocycles. The summed E-state index contributed by atoms with van der Waals surface area (Å²) in [6.45, 7) is 0. The molecule has 0 aliphatic carbocycles. The number of rotatable bonds is 2. The zero-order chi connectivity index (χ0) is 9.90. The molecule has 1 N–H and O–H groups in total. The van der Waals surface area contributed by atoms with Gasteiger partial charge in [-0.2, -0.15) is 0 Å². The quantitative estimate of drug-likeness (QED) is 0.758. The summed E-state index contributed by atoms with van der Waals surface area (Å²) in [6.07, 6.45) is 0. The lowest BCUT2D eigenvalue weighted by atomic mass is 10.3. The lowest BCUT2D eigenvalue weighted by Gasteiger charge is -2.12. The zero-order valence-electron chi connectivity index (χ0n) is 6.34. The van der Waals surface area contributed by atoms with Gasteiger partial charge in [-0.1, -0.05) is 18.2 Å². The van der Waals surface area contributed by atoms with E-state index in [4.69, 9.17) is 0 Å². The zero-order valence-corrected chi connectivity index (χ0v) is 7.15. The second-order valence-electron chi connectivity index (χ2n) is 2.18. The number of hydrogen-bond acceptors (Lipinski definition) is 2. The molecule has 13 heavy (non-hydrogen) atoms. The third-order valence-electron chi connectivity index (χ3n) is 1.19. The Morgan fingerprint density at radius 1 is 1.15 bits per heavy atom. The molecule has 1 rings (SSSR count). The second kappa shape index (κ2) is 3.89. The van der Waals surface area contributed by atoms with Crippen LogP contribution in [-0.2, 0) is 11.4 Å². The molecule has 0 heterocycles. The maximum atomic E-state index is 11.8. The van der Waals surface area contributed by atoms with Crippen LogP contribution in [0.15, 0.2) is 30.3 Å². The predicted octanol–water partition coefficient (Wildman–Crippen LogP) is 2.28. The van der Waals surface area contributed by atoms with E-state index in [0.717, 1.165) is 0 Å². The summed E-state index contributed by atoms with van der Waals surface area (Å²) in [5.41, 5.74) is -4.55. The molecule has 1 aromatic rings. The summed E-state index contributed by atoms with van der Waals surface area (Å²) >= 11 is -3.04. The van der Waals surface area contributed by atoms with Crippen molar-refractivity contribution in [1.29, 1.82) is 0 Å². The summed E-state index contributed by atoms with van der Waals surface area (Å²) in [5, 5.41) is 0. The Kier molecular flexibility index (Phi) is 3.05. The van der Waals surface area contributed by atoms with Gasteiger partial charge in [-0.15, -0.1) is 13.2 Å². The molecular weight excluding hydrogens is 203 g/mol. The molecule has 6 heteroatoms. The lowest BCUT2D eigenvalue weighted by molar-refractivity contribution is -0.0428. The molecule has 1 atom stereocenters. The van der Waals surface area contributed by atoms with E-state index >= 15 is 0 Å². The number of benzene rings is 1. The van der Waals surface area contributed by atoms with Crippen molar-refractivity contribution >= 4 is 17.0 Å². The molecule has 1 aromatic carbocycles. The highest BCUT2D eigenvalue weighted by molar-refractivity contribution is 7.93. The summed E-state index contributed by atoms with van der Waals surface area (Å²) in [5.74, 6) is 0. The third kappa shape index (κ3) is 3.16. The molecule has 0 aliphatic rings. The first-order valence-corrected chi connectivity index (χ1v) is 4.45. The Morgan fingerprint density at radius 2 is 1.69 bits per heavy atom. The van der Waals surface area contributed by atoms with E-state index in [0.29, 0.717) is 0 Å². The van der Waals surface area contributed by atoms with Crippen molar-refractivity contribution in [3.05, 3.63) is 30.3 Å². The third-order valence-corrected chi connectivity index (χ3v) is 2.04. The van der Waals surface area contributed by atoms with Gasteiger partial charge in [0, 0.05) is 0 Å². The van der Waals surface area contributed by atoms with Crippen molar-refractivity contribution in [3.8, 4) is 0 Å². The topological polar surface area (TPSA) is 35.1 Å². The lowest BCUT2D eigenvalue weighted by Crippen LogP contribution is -2.29. The van der Waals surface area contributed by atoms with Gasteiger partial charge in [0.1, 0.15) is 0 Å². The summed E-state index contributed by atoms with van der Waals surface area (Å²) in [6, 6.07) is 7.57. The van der Waals surface area contributed by atoms with Gasteiger partial charge in [0.2, 0.25) is 0 Å². The van der Waals surface area contributed by atoms with Gasteiger partial charge >= 0.3 is 5.51 Å². The van der Waals surface area contributed by atoms with Crippen LogP contribution < -0.4 is 4.72 Å². The summed E-state index contributed by atoms with van der Waals surface area (Å²) < 4.78 is 47.7. The van der Waals surface area contributed by atoms with Gasteiger partial charge < -0.3 is 4.55 Å². The van der Waals surface area contributed by atoms with E-state index in [2.05, 4.69) is 0 Å². The van der Waals surface area contributed by atoms with Crippen molar-refractivity contribution in [2.24, 2.45) is 0 Å². The number of anilines is 1. The molecule has 72 valence electrons. The maximum Gasteiger partial charge on any atom is 0.598 e. The number of alkyl halides is 3. The normalized spacial score (nSPS) is 13.8. The second-order valence-corrected chi connectivity index (χ2v) is 3.39. The Hall–Kier alpha value is -0.880. The molecule has 0 saturated heterocycles. The van der Waals surface area contributed by atoms with E-state index < -0.39 is 16.9 Å². The van der Waals surface area contributed by atoms with Crippen molar-refractivity contribution in [3.63, 3.8) is 0 Å². The Morgan fingerprint density at radius 3 is 2.15 bits per heavy atom. The van der Waals surface area contributed by atoms with Gasteiger partial charge in [-0.05, 0) is 12.1 Å². The highest BCUT2D eigenvalue weighted by Gasteiger charge is 2.45. The first kappa shape index (κ1) is 10.2. The van der Waals surface area contributed by atoms with E-state index in [1.807, 2.05) is 4.72 Å². The van der Waals surface area contributed by atoms with Gasteiger partial charge in [0.25, 0.3) is 0 Å². The van der Waals surface area contributed by atoms with Crippen molar-refractivity contribution in [2.45, 2.75) is 5.51 Å². The van der Waals surface area contributed by atoms with E-state index in [9.17, 15) is 17.7 Å². The van der Waals surface area contributed by atoms with E-state index in [1.54, 1.807) is 18.2 Å². The summed E-state index contributed by atoms with van der Waals surface area (Å²) in [7, 11) is 0. The molecule has 0 unspecified atom stereocenters. The number of hydrogen-bond donors (Lipinski definition) is 1. The molecule has 0 radical (unpaired) electrons.